The van der Waals surface area contributed by atoms with Crippen LogP contribution in [0.15, 0.2) is 35.5 Å². The van der Waals surface area contributed by atoms with Crippen LogP contribution in [0.3, 0.4) is 0 Å². The van der Waals surface area contributed by atoms with Crippen molar-refractivity contribution in [3.8, 4) is 0 Å². The number of hydrogen-bond donors (Lipinski definition) is 0. The molecule has 2 aliphatic carbocycles. The van der Waals surface area contributed by atoms with Gasteiger partial charge in [-0.3, -0.25) is 12.2 Å². The van der Waals surface area contributed by atoms with Crippen molar-refractivity contribution in [2.24, 2.45) is 0 Å². The van der Waals surface area contributed by atoms with Crippen molar-refractivity contribution in [1.29, 1.82) is 0 Å². The Labute approximate surface area is 123 Å². The molecule has 0 aromatic heterocycles. The molecule has 78 valence electrons. The van der Waals surface area contributed by atoms with Crippen LogP contribution in [0.2, 0.25) is 0 Å². The predicted molar refractivity (Wildman–Crippen MR) is 50.3 cm³/mol. The monoisotopic (exact) mass is 406 g/mol. The molecule has 2 aliphatic rings. The van der Waals surface area contributed by atoms with Crippen LogP contribution in [0.1, 0.15) is 25.7 Å². The number of rotatable bonds is 3. The molecule has 2 rings (SSSR count). The summed E-state index contributed by atoms with van der Waals surface area (Å²) < 4.78 is 0. The molecule has 0 saturated carbocycles. The van der Waals surface area contributed by atoms with Crippen molar-refractivity contribution in [3.05, 3.63) is 47.6 Å². The molecule has 0 atom stereocenters. The van der Waals surface area contributed by atoms with Gasteiger partial charge in [-0.1, -0.05) is 12.8 Å². The van der Waals surface area contributed by atoms with E-state index in [0.717, 1.165) is 25.7 Å². The number of allylic oxidation sites excluding steroid dienone is 8. The fourth-order valence-corrected chi connectivity index (χ4v) is 1.51. The Morgan fingerprint density at radius 1 is 0.867 bits per heavy atom. The van der Waals surface area contributed by atoms with Crippen molar-refractivity contribution < 1.29 is 50.7 Å². The minimum Gasteiger partial charge on any atom is -1.00 e. The van der Waals surface area contributed by atoms with Crippen LogP contribution < -0.4 is 24.8 Å². The van der Waals surface area contributed by atoms with Gasteiger partial charge in [-0.2, -0.15) is 12.2 Å². The molecule has 0 bridgehead atoms. The van der Waals surface area contributed by atoms with Crippen LogP contribution in [0.4, 0.5) is 0 Å². The standard InChI is InChI=1S/C12H12.2ClH.Hf/c1-2-6-11(5-1)9-10-12-7-3-4-8-12;;;/h1,3,5,7H,2,4,9-10H2;2*1H;/q-2;;;+4/p-2. The van der Waals surface area contributed by atoms with Crippen LogP contribution in [0.5, 0.6) is 0 Å². The summed E-state index contributed by atoms with van der Waals surface area (Å²) in [5.74, 6) is 0. The van der Waals surface area contributed by atoms with Gasteiger partial charge in [-0.25, -0.2) is 23.3 Å². The molecule has 0 nitrogen and oxygen atoms in total. The molecule has 0 aromatic carbocycles. The van der Waals surface area contributed by atoms with Gasteiger partial charge in [0, 0.05) is 0 Å². The van der Waals surface area contributed by atoms with Crippen LogP contribution >= 0.6 is 0 Å². The average molecular weight is 406 g/mol. The zero-order valence-corrected chi connectivity index (χ0v) is 13.5. The average Bonchev–Trinajstić information content (AvgIpc) is 2.74. The molecule has 0 aliphatic heterocycles. The van der Waals surface area contributed by atoms with Crippen LogP contribution in [-0.4, -0.2) is 0 Å². The third-order valence-electron chi connectivity index (χ3n) is 2.20. The molecule has 0 fully saturated rings. The summed E-state index contributed by atoms with van der Waals surface area (Å²) >= 11 is 0. The second-order valence-corrected chi connectivity index (χ2v) is 3.12. The van der Waals surface area contributed by atoms with E-state index in [1.54, 1.807) is 0 Å². The fourth-order valence-electron chi connectivity index (χ4n) is 1.51. The van der Waals surface area contributed by atoms with E-state index in [1.807, 2.05) is 0 Å². The van der Waals surface area contributed by atoms with Crippen molar-refractivity contribution in [3.63, 3.8) is 0 Å². The Bertz CT molecular complexity index is 258. The minimum atomic E-state index is 0. The maximum Gasteiger partial charge on any atom is 4.00 e. The van der Waals surface area contributed by atoms with Crippen molar-refractivity contribution in [1.82, 2.24) is 0 Å². The quantitative estimate of drug-likeness (QED) is 0.350. The van der Waals surface area contributed by atoms with Gasteiger partial charge < -0.3 is 24.8 Å². The second kappa shape index (κ2) is 9.62. The summed E-state index contributed by atoms with van der Waals surface area (Å²) in [4.78, 5) is 0. The summed E-state index contributed by atoms with van der Waals surface area (Å²) in [6, 6.07) is 0. The molecule has 0 spiro atoms. The first-order valence-electron chi connectivity index (χ1n) is 4.47. The van der Waals surface area contributed by atoms with E-state index in [2.05, 4.69) is 36.5 Å². The van der Waals surface area contributed by atoms with Crippen LogP contribution in [0.25, 0.3) is 0 Å². The van der Waals surface area contributed by atoms with Gasteiger partial charge in [-0.05, 0) is 0 Å². The van der Waals surface area contributed by atoms with Crippen molar-refractivity contribution >= 4 is 0 Å². The van der Waals surface area contributed by atoms with Gasteiger partial charge >= 0.3 is 25.8 Å². The van der Waals surface area contributed by atoms with Crippen LogP contribution in [0, 0.1) is 12.2 Å². The second-order valence-electron chi connectivity index (χ2n) is 3.12. The molecule has 0 heterocycles. The van der Waals surface area contributed by atoms with Crippen molar-refractivity contribution in [2.45, 2.75) is 25.7 Å². The van der Waals surface area contributed by atoms with E-state index < -0.39 is 0 Å². The van der Waals surface area contributed by atoms with E-state index in [0.29, 0.717) is 0 Å². The van der Waals surface area contributed by atoms with Gasteiger partial charge in [0.15, 0.2) is 0 Å². The summed E-state index contributed by atoms with van der Waals surface area (Å²) in [7, 11) is 0. The largest absolute Gasteiger partial charge is 4.00 e. The smallest absolute Gasteiger partial charge is 1.00 e. The maximum atomic E-state index is 3.32. The Balaban J connectivity index is 0. The van der Waals surface area contributed by atoms with E-state index in [9.17, 15) is 0 Å². The molecule has 0 saturated heterocycles. The SMILES string of the molecule is [C-]1=C(CCC2=[C-]CC=C2)C=CC1.[Cl-].[Cl-].[Hf+4]. The van der Waals surface area contributed by atoms with E-state index in [1.165, 1.54) is 11.1 Å². The molecule has 0 unspecified atom stereocenters. The van der Waals surface area contributed by atoms with Crippen molar-refractivity contribution in [2.75, 3.05) is 0 Å². The predicted octanol–water partition coefficient (Wildman–Crippen LogP) is -2.85. The number of hydrogen-bond acceptors (Lipinski definition) is 0. The number of halogens is 2. The maximum absolute atomic E-state index is 3.32. The van der Waals surface area contributed by atoms with Crippen LogP contribution in [-0.2, 0) is 25.8 Å². The molecule has 0 N–H and O–H groups in total. The Kier molecular flexibility index (Phi) is 11.4. The summed E-state index contributed by atoms with van der Waals surface area (Å²) in [5, 5.41) is 0. The zero-order chi connectivity index (χ0) is 8.23. The molecule has 3 heteroatoms. The normalized spacial score (nSPS) is 16.0. The molecule has 0 aromatic rings. The first-order chi connectivity index (χ1) is 5.95. The molecular weight excluding hydrogens is 394 g/mol. The van der Waals surface area contributed by atoms with Gasteiger partial charge in [0.05, 0.1) is 0 Å². The minimum absolute atomic E-state index is 0. The summed E-state index contributed by atoms with van der Waals surface area (Å²) in [6.45, 7) is 0. The fraction of sp³-hybridized carbons (Fsp3) is 0.333. The van der Waals surface area contributed by atoms with E-state index in [-0.39, 0.29) is 50.7 Å². The third-order valence-corrected chi connectivity index (χ3v) is 2.20. The first-order valence-corrected chi connectivity index (χ1v) is 4.47. The Morgan fingerprint density at radius 2 is 1.27 bits per heavy atom. The van der Waals surface area contributed by atoms with E-state index >= 15 is 0 Å². The first kappa shape index (κ1) is 17.8. The molecular formula is C12H12Cl2Hf. The zero-order valence-electron chi connectivity index (χ0n) is 8.39. The molecule has 0 amide bonds. The van der Waals surface area contributed by atoms with Gasteiger partial charge in [0.25, 0.3) is 0 Å². The molecule has 0 radical (unpaired) electrons. The Hall–Kier alpha value is 0.410. The summed E-state index contributed by atoms with van der Waals surface area (Å²) in [5.41, 5.74) is 2.73. The van der Waals surface area contributed by atoms with Gasteiger partial charge in [0.2, 0.25) is 0 Å². The summed E-state index contributed by atoms with van der Waals surface area (Å²) in [6.07, 6.45) is 19.6. The van der Waals surface area contributed by atoms with Gasteiger partial charge in [0.1, 0.15) is 0 Å². The van der Waals surface area contributed by atoms with E-state index in [4.69, 9.17) is 0 Å². The van der Waals surface area contributed by atoms with Gasteiger partial charge in [-0.15, -0.1) is 12.8 Å². The topological polar surface area (TPSA) is 0 Å². The molecule has 15 heavy (non-hydrogen) atoms. The third kappa shape index (κ3) is 5.89. The Morgan fingerprint density at radius 3 is 1.53 bits per heavy atom.